The van der Waals surface area contributed by atoms with Gasteiger partial charge in [0.25, 0.3) is 0 Å². The molecule has 1 saturated carbocycles. The minimum Gasteiger partial charge on any atom is -0.379 e. The Kier molecular flexibility index (Phi) is 2.63. The molecule has 0 bridgehead atoms. The molecule has 0 aromatic carbocycles. The zero-order valence-electron chi connectivity index (χ0n) is 7.54. The summed E-state index contributed by atoms with van der Waals surface area (Å²) in [5.41, 5.74) is 5.74. The van der Waals surface area contributed by atoms with Gasteiger partial charge in [-0.1, -0.05) is 0 Å². The molecule has 2 N–H and O–H groups in total. The summed E-state index contributed by atoms with van der Waals surface area (Å²) in [6.45, 7) is 5.28. The summed E-state index contributed by atoms with van der Waals surface area (Å²) in [4.78, 5) is 2.48. The van der Waals surface area contributed by atoms with Gasteiger partial charge < -0.3 is 10.5 Å². The highest BCUT2D eigenvalue weighted by molar-refractivity contribution is 4.90. The van der Waals surface area contributed by atoms with E-state index in [0.717, 1.165) is 32.2 Å². The van der Waals surface area contributed by atoms with Crippen LogP contribution in [0.15, 0.2) is 0 Å². The third-order valence-corrected chi connectivity index (χ3v) is 2.90. The number of nitrogens with zero attached hydrogens (tertiary/aromatic N) is 1. The van der Waals surface area contributed by atoms with Crippen LogP contribution in [0.5, 0.6) is 0 Å². The first-order valence-corrected chi connectivity index (χ1v) is 4.92. The predicted molar refractivity (Wildman–Crippen MR) is 48.0 cm³/mol. The van der Waals surface area contributed by atoms with E-state index in [9.17, 15) is 0 Å². The monoisotopic (exact) mass is 170 g/mol. The Morgan fingerprint density at radius 3 is 2.58 bits per heavy atom. The summed E-state index contributed by atoms with van der Waals surface area (Å²) in [6.07, 6.45) is 2.55. The molecule has 3 heteroatoms. The Morgan fingerprint density at radius 1 is 1.33 bits per heavy atom. The van der Waals surface area contributed by atoms with Crippen LogP contribution in [-0.4, -0.2) is 43.8 Å². The Morgan fingerprint density at radius 2 is 2.00 bits per heavy atom. The van der Waals surface area contributed by atoms with Crippen LogP contribution in [0.25, 0.3) is 0 Å². The molecule has 12 heavy (non-hydrogen) atoms. The number of hydrogen-bond acceptors (Lipinski definition) is 3. The van der Waals surface area contributed by atoms with E-state index in [-0.39, 0.29) is 0 Å². The van der Waals surface area contributed by atoms with Crippen molar-refractivity contribution in [2.45, 2.75) is 18.9 Å². The molecule has 3 nitrogen and oxygen atoms in total. The number of hydrogen-bond donors (Lipinski definition) is 1. The van der Waals surface area contributed by atoms with Crippen molar-refractivity contribution in [1.29, 1.82) is 0 Å². The lowest BCUT2D eigenvalue weighted by atomic mass is 10.2. The zero-order chi connectivity index (χ0) is 8.39. The average Bonchev–Trinajstić information content (AvgIpc) is 2.81. The number of nitrogens with two attached hydrogens (primary N) is 1. The van der Waals surface area contributed by atoms with Gasteiger partial charge in [0.15, 0.2) is 0 Å². The van der Waals surface area contributed by atoms with Crippen LogP contribution in [-0.2, 0) is 4.74 Å². The third kappa shape index (κ3) is 2.19. The number of morpholine rings is 1. The quantitative estimate of drug-likeness (QED) is 0.650. The van der Waals surface area contributed by atoms with Gasteiger partial charge in [-0.25, -0.2) is 0 Å². The van der Waals surface area contributed by atoms with E-state index in [1.807, 2.05) is 0 Å². The second-order valence-electron chi connectivity index (χ2n) is 3.90. The Bertz CT molecular complexity index is 145. The molecule has 70 valence electrons. The van der Waals surface area contributed by atoms with Gasteiger partial charge in [0.1, 0.15) is 0 Å². The minimum atomic E-state index is 0.519. The molecule has 1 aliphatic heterocycles. The zero-order valence-corrected chi connectivity index (χ0v) is 7.54. The van der Waals surface area contributed by atoms with Crippen LogP contribution in [0, 0.1) is 5.92 Å². The molecule has 2 fully saturated rings. The van der Waals surface area contributed by atoms with Crippen LogP contribution in [0.1, 0.15) is 12.8 Å². The van der Waals surface area contributed by atoms with Crippen LogP contribution < -0.4 is 5.73 Å². The predicted octanol–water partition coefficient (Wildman–Crippen LogP) is 0.0559. The van der Waals surface area contributed by atoms with Crippen molar-refractivity contribution >= 4 is 0 Å². The van der Waals surface area contributed by atoms with Crippen molar-refractivity contribution in [3.8, 4) is 0 Å². The maximum atomic E-state index is 5.74. The molecule has 0 aromatic rings. The molecule has 1 aliphatic carbocycles. The van der Waals surface area contributed by atoms with E-state index in [2.05, 4.69) is 4.90 Å². The fraction of sp³-hybridized carbons (Fsp3) is 1.00. The normalized spacial score (nSPS) is 36.8. The largest absolute Gasteiger partial charge is 0.379 e. The van der Waals surface area contributed by atoms with E-state index in [0.29, 0.717) is 6.04 Å². The maximum Gasteiger partial charge on any atom is 0.0594 e. The lowest BCUT2D eigenvalue weighted by molar-refractivity contribution is 0.0367. The lowest BCUT2D eigenvalue weighted by Gasteiger charge is -2.26. The summed E-state index contributed by atoms with van der Waals surface area (Å²) >= 11 is 0. The Hall–Kier alpha value is -0.120. The van der Waals surface area contributed by atoms with Crippen LogP contribution >= 0.6 is 0 Å². The van der Waals surface area contributed by atoms with Gasteiger partial charge in [-0.3, -0.25) is 4.90 Å². The second-order valence-corrected chi connectivity index (χ2v) is 3.90. The van der Waals surface area contributed by atoms with Gasteiger partial charge >= 0.3 is 0 Å². The highest BCUT2D eigenvalue weighted by Gasteiger charge is 2.32. The van der Waals surface area contributed by atoms with Crippen molar-refractivity contribution < 1.29 is 4.74 Å². The Labute approximate surface area is 73.9 Å². The molecule has 0 unspecified atom stereocenters. The first-order chi connectivity index (χ1) is 5.86. The topological polar surface area (TPSA) is 38.5 Å². The summed E-state index contributed by atoms with van der Waals surface area (Å²) in [5.74, 6) is 0.827. The van der Waals surface area contributed by atoms with Crippen molar-refractivity contribution in [3.63, 3.8) is 0 Å². The highest BCUT2D eigenvalue weighted by atomic mass is 16.5. The molecule has 1 heterocycles. The molecule has 0 spiro atoms. The van der Waals surface area contributed by atoms with Gasteiger partial charge in [-0.15, -0.1) is 0 Å². The summed E-state index contributed by atoms with van der Waals surface area (Å²) in [6, 6.07) is 0.519. The molecular formula is C9H18N2O. The van der Waals surface area contributed by atoms with Crippen molar-refractivity contribution in [3.05, 3.63) is 0 Å². The molecular weight excluding hydrogens is 152 g/mol. The van der Waals surface area contributed by atoms with Gasteiger partial charge in [0.2, 0.25) is 0 Å². The molecule has 2 atom stereocenters. The van der Waals surface area contributed by atoms with E-state index < -0.39 is 0 Å². The fourth-order valence-electron chi connectivity index (χ4n) is 1.78. The van der Waals surface area contributed by atoms with E-state index in [1.165, 1.54) is 19.4 Å². The van der Waals surface area contributed by atoms with Crippen LogP contribution in [0.4, 0.5) is 0 Å². The summed E-state index contributed by atoms with van der Waals surface area (Å²) in [5, 5.41) is 0. The number of rotatable bonds is 3. The molecule has 0 aromatic heterocycles. The molecule has 2 rings (SSSR count). The maximum absolute atomic E-state index is 5.74. The smallest absolute Gasteiger partial charge is 0.0594 e. The molecule has 0 amide bonds. The number of ether oxygens (including phenoxy) is 1. The van der Waals surface area contributed by atoms with E-state index in [4.69, 9.17) is 10.5 Å². The molecule has 0 radical (unpaired) electrons. The van der Waals surface area contributed by atoms with Crippen molar-refractivity contribution in [2.24, 2.45) is 11.7 Å². The first-order valence-electron chi connectivity index (χ1n) is 4.92. The van der Waals surface area contributed by atoms with Gasteiger partial charge in [0.05, 0.1) is 13.2 Å². The van der Waals surface area contributed by atoms with E-state index >= 15 is 0 Å². The Balaban J connectivity index is 1.59. The molecule has 2 aliphatic rings. The van der Waals surface area contributed by atoms with Gasteiger partial charge in [-0.2, -0.15) is 0 Å². The summed E-state index contributed by atoms with van der Waals surface area (Å²) < 4.78 is 5.28. The highest BCUT2D eigenvalue weighted by Crippen LogP contribution is 2.31. The van der Waals surface area contributed by atoms with Crippen molar-refractivity contribution in [2.75, 3.05) is 32.8 Å². The van der Waals surface area contributed by atoms with Gasteiger partial charge in [-0.05, 0) is 25.3 Å². The van der Waals surface area contributed by atoms with E-state index in [1.54, 1.807) is 0 Å². The minimum absolute atomic E-state index is 0.519. The lowest BCUT2D eigenvalue weighted by Crippen LogP contribution is -2.37. The van der Waals surface area contributed by atoms with Crippen LogP contribution in [0.2, 0.25) is 0 Å². The third-order valence-electron chi connectivity index (χ3n) is 2.90. The van der Waals surface area contributed by atoms with Gasteiger partial charge in [0, 0.05) is 19.1 Å². The van der Waals surface area contributed by atoms with Crippen LogP contribution in [0.3, 0.4) is 0 Å². The standard InChI is InChI=1S/C9H18N2O/c10-9-7-8(9)1-2-11-3-5-12-6-4-11/h8-9H,1-7,10H2/t8-,9-/m0/s1. The second kappa shape index (κ2) is 3.73. The SMILES string of the molecule is N[C@H]1C[C@@H]1CCN1CCOCC1. The summed E-state index contributed by atoms with van der Waals surface area (Å²) in [7, 11) is 0. The fourth-order valence-corrected chi connectivity index (χ4v) is 1.78. The molecule has 1 saturated heterocycles. The first kappa shape index (κ1) is 8.48. The van der Waals surface area contributed by atoms with Crippen molar-refractivity contribution in [1.82, 2.24) is 4.90 Å². The average molecular weight is 170 g/mol.